The molecule has 22 heavy (non-hydrogen) atoms. The number of benzene rings is 1. The summed E-state index contributed by atoms with van der Waals surface area (Å²) in [5.41, 5.74) is 1.19. The van der Waals surface area contributed by atoms with Crippen LogP contribution in [0.1, 0.15) is 31.2 Å². The summed E-state index contributed by atoms with van der Waals surface area (Å²) in [5, 5.41) is 3.28. The van der Waals surface area contributed by atoms with Gasteiger partial charge < -0.3 is 10.1 Å². The molecule has 2 saturated carbocycles. The minimum Gasteiger partial charge on any atom is -0.497 e. The fraction of sp³-hybridized carbons (Fsp3) is 0.611. The highest BCUT2D eigenvalue weighted by molar-refractivity contribution is 5.78. The van der Waals surface area contributed by atoms with E-state index in [1.54, 1.807) is 7.11 Å². The van der Waals surface area contributed by atoms with Gasteiger partial charge in [-0.2, -0.15) is 0 Å². The molecule has 3 rings (SSSR count). The van der Waals surface area contributed by atoms with E-state index in [0.717, 1.165) is 24.1 Å². The first-order valence-corrected chi connectivity index (χ1v) is 8.26. The van der Waals surface area contributed by atoms with Crippen molar-refractivity contribution in [3.05, 3.63) is 29.8 Å². The van der Waals surface area contributed by atoms with E-state index in [-0.39, 0.29) is 5.91 Å². The number of nitrogens with zero attached hydrogens (tertiary/aromatic N) is 1. The van der Waals surface area contributed by atoms with Crippen LogP contribution in [0.5, 0.6) is 5.75 Å². The summed E-state index contributed by atoms with van der Waals surface area (Å²) in [7, 11) is 3.66. The van der Waals surface area contributed by atoms with Crippen molar-refractivity contribution in [2.24, 2.45) is 11.8 Å². The summed E-state index contributed by atoms with van der Waals surface area (Å²) >= 11 is 0. The van der Waals surface area contributed by atoms with Crippen LogP contribution in [0.15, 0.2) is 24.3 Å². The number of nitrogens with one attached hydrogen (secondary N) is 1. The predicted octanol–water partition coefficient (Wildman–Crippen LogP) is 2.43. The van der Waals surface area contributed by atoms with Gasteiger partial charge in [0.1, 0.15) is 5.75 Å². The molecule has 1 aromatic carbocycles. The molecule has 0 radical (unpaired) electrons. The molecule has 0 spiro atoms. The summed E-state index contributed by atoms with van der Waals surface area (Å²) in [5.74, 6) is 2.53. The van der Waals surface area contributed by atoms with Gasteiger partial charge in [0.05, 0.1) is 13.7 Å². The van der Waals surface area contributed by atoms with Crippen molar-refractivity contribution in [3.8, 4) is 5.75 Å². The third kappa shape index (κ3) is 4.23. The third-order valence-corrected chi connectivity index (χ3v) is 4.61. The Morgan fingerprint density at radius 2 is 1.82 bits per heavy atom. The number of likely N-dealkylation sites (N-methyl/N-ethyl adjacent to an activating group) is 1. The summed E-state index contributed by atoms with van der Waals surface area (Å²) in [4.78, 5) is 14.3. The van der Waals surface area contributed by atoms with Gasteiger partial charge in [-0.15, -0.1) is 0 Å². The van der Waals surface area contributed by atoms with Gasteiger partial charge in [-0.3, -0.25) is 9.69 Å². The van der Waals surface area contributed by atoms with Crippen LogP contribution in [0, 0.1) is 11.8 Å². The zero-order chi connectivity index (χ0) is 15.5. The number of hydrogen-bond donors (Lipinski definition) is 1. The number of methoxy groups -OCH3 is 1. The SMILES string of the molecule is COc1ccc(CN(C)CC(=O)NC(C2CC2)C2CC2)cc1. The largest absolute Gasteiger partial charge is 0.497 e. The zero-order valence-electron chi connectivity index (χ0n) is 13.5. The van der Waals surface area contributed by atoms with E-state index in [9.17, 15) is 4.79 Å². The molecule has 1 N–H and O–H groups in total. The molecule has 1 amide bonds. The summed E-state index contributed by atoms with van der Waals surface area (Å²) in [6.45, 7) is 1.23. The van der Waals surface area contributed by atoms with Crippen LogP contribution in [0.2, 0.25) is 0 Å². The van der Waals surface area contributed by atoms with Crippen molar-refractivity contribution < 1.29 is 9.53 Å². The smallest absolute Gasteiger partial charge is 0.234 e. The minimum atomic E-state index is 0.166. The van der Waals surface area contributed by atoms with Gasteiger partial charge in [0, 0.05) is 12.6 Å². The lowest BCUT2D eigenvalue weighted by atomic mass is 10.1. The van der Waals surface area contributed by atoms with Gasteiger partial charge in [-0.1, -0.05) is 12.1 Å². The van der Waals surface area contributed by atoms with Gasteiger partial charge >= 0.3 is 0 Å². The highest BCUT2D eigenvalue weighted by atomic mass is 16.5. The van der Waals surface area contributed by atoms with Crippen LogP contribution in [0.3, 0.4) is 0 Å². The molecule has 4 nitrogen and oxygen atoms in total. The molecule has 0 atom stereocenters. The van der Waals surface area contributed by atoms with Crippen LogP contribution in [0.25, 0.3) is 0 Å². The van der Waals surface area contributed by atoms with Crippen LogP contribution in [0.4, 0.5) is 0 Å². The maximum absolute atomic E-state index is 12.2. The predicted molar refractivity (Wildman–Crippen MR) is 86.7 cm³/mol. The average molecular weight is 302 g/mol. The van der Waals surface area contributed by atoms with E-state index in [0.29, 0.717) is 12.6 Å². The van der Waals surface area contributed by atoms with E-state index in [1.165, 1.54) is 31.2 Å². The number of ether oxygens (including phenoxy) is 1. The zero-order valence-corrected chi connectivity index (χ0v) is 13.5. The molecule has 0 aliphatic heterocycles. The maximum atomic E-state index is 12.2. The Balaban J connectivity index is 1.45. The Hall–Kier alpha value is -1.55. The van der Waals surface area contributed by atoms with Crippen molar-refractivity contribution >= 4 is 5.91 Å². The summed E-state index contributed by atoms with van der Waals surface area (Å²) in [6, 6.07) is 8.45. The molecule has 1 aromatic rings. The number of carbonyl (C=O) groups excluding carboxylic acids is 1. The van der Waals surface area contributed by atoms with Crippen LogP contribution in [-0.4, -0.2) is 37.6 Å². The van der Waals surface area contributed by atoms with Crippen LogP contribution >= 0.6 is 0 Å². The van der Waals surface area contributed by atoms with Crippen molar-refractivity contribution in [2.45, 2.75) is 38.3 Å². The van der Waals surface area contributed by atoms with Gasteiger partial charge in [0.2, 0.25) is 5.91 Å². The van der Waals surface area contributed by atoms with E-state index in [4.69, 9.17) is 4.74 Å². The highest BCUT2D eigenvalue weighted by Crippen LogP contribution is 2.44. The molecule has 0 unspecified atom stereocenters. The standard InChI is InChI=1S/C18H26N2O2/c1-20(11-13-3-9-16(22-2)10-4-13)12-17(21)19-18(14-5-6-14)15-7-8-15/h3-4,9-10,14-15,18H,5-8,11-12H2,1-2H3,(H,19,21). The van der Waals surface area contributed by atoms with Crippen LogP contribution in [-0.2, 0) is 11.3 Å². The van der Waals surface area contributed by atoms with E-state index in [1.807, 2.05) is 31.3 Å². The number of hydrogen-bond acceptors (Lipinski definition) is 3. The molecule has 2 fully saturated rings. The molecule has 2 aliphatic rings. The lowest BCUT2D eigenvalue weighted by molar-refractivity contribution is -0.123. The Morgan fingerprint density at radius 1 is 1.23 bits per heavy atom. The normalized spacial score (nSPS) is 17.8. The van der Waals surface area contributed by atoms with Crippen molar-refractivity contribution in [1.82, 2.24) is 10.2 Å². The number of rotatable bonds is 8. The third-order valence-electron chi connectivity index (χ3n) is 4.61. The van der Waals surface area contributed by atoms with E-state index < -0.39 is 0 Å². The van der Waals surface area contributed by atoms with Gasteiger partial charge in [0.25, 0.3) is 0 Å². The van der Waals surface area contributed by atoms with Crippen molar-refractivity contribution in [1.29, 1.82) is 0 Å². The monoisotopic (exact) mass is 302 g/mol. The first-order chi connectivity index (χ1) is 10.7. The minimum absolute atomic E-state index is 0.166. The van der Waals surface area contributed by atoms with Crippen molar-refractivity contribution in [3.63, 3.8) is 0 Å². The number of carbonyl (C=O) groups is 1. The molecule has 4 heteroatoms. The Labute approximate surface area is 132 Å². The fourth-order valence-electron chi connectivity index (χ4n) is 3.11. The second-order valence-electron chi connectivity index (χ2n) is 6.79. The lowest BCUT2D eigenvalue weighted by Crippen LogP contribution is -2.43. The molecule has 0 heterocycles. The summed E-state index contributed by atoms with van der Waals surface area (Å²) < 4.78 is 5.16. The molecule has 2 aliphatic carbocycles. The van der Waals surface area contributed by atoms with E-state index in [2.05, 4.69) is 10.2 Å². The summed E-state index contributed by atoms with van der Waals surface area (Å²) in [6.07, 6.45) is 5.18. The molecular weight excluding hydrogens is 276 g/mol. The Morgan fingerprint density at radius 3 is 2.32 bits per heavy atom. The number of amides is 1. The van der Waals surface area contributed by atoms with Gasteiger partial charge in [0.15, 0.2) is 0 Å². The highest BCUT2D eigenvalue weighted by Gasteiger charge is 2.42. The maximum Gasteiger partial charge on any atom is 0.234 e. The molecule has 0 saturated heterocycles. The van der Waals surface area contributed by atoms with Crippen LogP contribution < -0.4 is 10.1 Å². The Bertz CT molecular complexity index is 494. The van der Waals surface area contributed by atoms with E-state index >= 15 is 0 Å². The molecular formula is C18H26N2O2. The topological polar surface area (TPSA) is 41.6 Å². The molecule has 120 valence electrons. The van der Waals surface area contributed by atoms with Crippen molar-refractivity contribution in [2.75, 3.05) is 20.7 Å². The van der Waals surface area contributed by atoms with Gasteiger partial charge in [-0.25, -0.2) is 0 Å². The fourth-order valence-corrected chi connectivity index (χ4v) is 3.11. The second kappa shape index (κ2) is 6.69. The van der Waals surface area contributed by atoms with Gasteiger partial charge in [-0.05, 0) is 62.3 Å². The quantitative estimate of drug-likeness (QED) is 0.802. The second-order valence-corrected chi connectivity index (χ2v) is 6.79. The molecule has 0 bridgehead atoms. The first kappa shape index (κ1) is 15.3. The average Bonchev–Trinajstić information content (AvgIpc) is 3.39. The molecule has 0 aromatic heterocycles. The lowest BCUT2D eigenvalue weighted by Gasteiger charge is -2.21. The first-order valence-electron chi connectivity index (χ1n) is 8.26. The Kier molecular flexibility index (Phi) is 4.67.